The zero-order valence-electron chi connectivity index (χ0n) is 28.3. The Morgan fingerprint density at radius 3 is 2.72 bits per heavy atom. The summed E-state index contributed by atoms with van der Waals surface area (Å²) in [7, 11) is 3.19. The predicted octanol–water partition coefficient (Wildman–Crippen LogP) is 6.94. The molecule has 0 radical (unpaired) electrons. The summed E-state index contributed by atoms with van der Waals surface area (Å²) in [6.45, 7) is 1.18. The topological polar surface area (TPSA) is 124 Å². The Morgan fingerprint density at radius 2 is 1.98 bits per heavy atom. The number of halogens is 6. The third-order valence-electron chi connectivity index (χ3n) is 10.2. The number of anilines is 2. The molecular formula is C35H30F6N8O2S2. The molecule has 0 bridgehead atoms. The van der Waals surface area contributed by atoms with Crippen LogP contribution in [0, 0.1) is 23.0 Å². The molecule has 2 fully saturated rings. The lowest BCUT2D eigenvalue weighted by Gasteiger charge is -2.31. The number of hydrogen-bond acceptors (Lipinski definition) is 11. The first kappa shape index (κ1) is 35.3. The Hall–Kier alpha value is -4.73. The number of hydrogen-bond donors (Lipinski definition) is 1. The van der Waals surface area contributed by atoms with E-state index in [1.54, 1.807) is 19.0 Å². The Kier molecular flexibility index (Phi) is 8.46. The predicted molar refractivity (Wildman–Crippen MR) is 188 cm³/mol. The molecule has 2 saturated heterocycles. The summed E-state index contributed by atoms with van der Waals surface area (Å²) < 4.78 is 97.8. The highest BCUT2D eigenvalue weighted by Gasteiger charge is 2.49. The van der Waals surface area contributed by atoms with Gasteiger partial charge in [0.1, 0.15) is 41.0 Å². The van der Waals surface area contributed by atoms with Gasteiger partial charge in [0.25, 0.3) is 5.91 Å². The highest BCUT2D eigenvalue weighted by atomic mass is 32.1. The van der Waals surface area contributed by atoms with Crippen LogP contribution in [0.2, 0.25) is 0 Å². The highest BCUT2D eigenvalue weighted by Crippen LogP contribution is 2.48. The number of carbonyl (C=O) groups is 1. The van der Waals surface area contributed by atoms with Crippen LogP contribution in [0.5, 0.6) is 6.01 Å². The van der Waals surface area contributed by atoms with Gasteiger partial charge in [-0.25, -0.2) is 18.2 Å². The lowest BCUT2D eigenvalue weighted by atomic mass is 9.92. The number of nitriles is 1. The second-order valence-corrected chi connectivity index (χ2v) is 15.8. The summed E-state index contributed by atoms with van der Waals surface area (Å²) >= 11 is 1.91. The number of nitrogens with two attached hydrogens (primary N) is 1. The first-order valence-corrected chi connectivity index (χ1v) is 18.3. The van der Waals surface area contributed by atoms with Crippen LogP contribution in [0.4, 0.5) is 37.2 Å². The van der Waals surface area contributed by atoms with E-state index in [1.807, 2.05) is 11.0 Å². The van der Waals surface area contributed by atoms with Crippen LogP contribution in [0.1, 0.15) is 50.8 Å². The van der Waals surface area contributed by atoms with Gasteiger partial charge >= 0.3 is 12.2 Å². The molecule has 0 spiro atoms. The maximum Gasteiger partial charge on any atom is 0.417 e. The minimum Gasteiger partial charge on any atom is -0.461 e. The average Bonchev–Trinajstić information content (AvgIpc) is 3.87. The van der Waals surface area contributed by atoms with E-state index < -0.39 is 46.2 Å². The number of fused-ring (bicyclic) bond motifs is 4. The fourth-order valence-corrected chi connectivity index (χ4v) is 9.83. The first-order chi connectivity index (χ1) is 25.2. The minimum atomic E-state index is -5.13. The SMILES string of the molecule is CN(C)C(=O)c1nc2c(s1)CCN(c1nc(OCC34CCCN3CC(F)C4)nc3c(F)c(-c4ccc(F)c5sc(N)c(C#N)c45)c(C(F)(F)F)cc13)C2. The van der Waals surface area contributed by atoms with Gasteiger partial charge in [0, 0.05) is 61.2 Å². The molecule has 2 aromatic carbocycles. The van der Waals surface area contributed by atoms with E-state index in [9.17, 15) is 18.8 Å². The Bertz CT molecular complexity index is 2370. The number of alkyl halides is 4. The summed E-state index contributed by atoms with van der Waals surface area (Å²) in [5.74, 6) is -2.58. The van der Waals surface area contributed by atoms with E-state index in [-0.39, 0.29) is 87.0 Å². The normalized spacial score (nSPS) is 20.2. The van der Waals surface area contributed by atoms with Crippen molar-refractivity contribution >= 4 is 60.4 Å². The number of benzene rings is 2. The lowest BCUT2D eigenvalue weighted by molar-refractivity contribution is -0.137. The monoisotopic (exact) mass is 772 g/mol. The number of nitrogen functional groups attached to an aromatic ring is 1. The van der Waals surface area contributed by atoms with E-state index in [1.165, 1.54) is 16.2 Å². The van der Waals surface area contributed by atoms with Gasteiger partial charge in [-0.15, -0.1) is 22.7 Å². The van der Waals surface area contributed by atoms with Crippen LogP contribution in [0.25, 0.3) is 32.1 Å². The van der Waals surface area contributed by atoms with Gasteiger partial charge in [-0.2, -0.15) is 28.4 Å². The van der Waals surface area contributed by atoms with E-state index >= 15 is 17.6 Å². The molecule has 1 amide bonds. The van der Waals surface area contributed by atoms with Crippen molar-refractivity contribution in [2.45, 2.75) is 50.1 Å². The minimum absolute atomic E-state index is 0.0297. The summed E-state index contributed by atoms with van der Waals surface area (Å²) in [5, 5.41) is 9.46. The second-order valence-electron chi connectivity index (χ2n) is 13.7. The maximum atomic E-state index is 17.2. The Labute approximate surface area is 306 Å². The van der Waals surface area contributed by atoms with Gasteiger partial charge in [0.2, 0.25) is 0 Å². The zero-order valence-corrected chi connectivity index (χ0v) is 29.9. The number of thiazole rings is 1. The van der Waals surface area contributed by atoms with Gasteiger partial charge in [-0.05, 0) is 37.1 Å². The molecule has 53 heavy (non-hydrogen) atoms. The molecule has 0 saturated carbocycles. The number of aromatic nitrogens is 3. The molecular weight excluding hydrogens is 743 g/mol. The van der Waals surface area contributed by atoms with Crippen molar-refractivity contribution in [3.05, 3.63) is 56.5 Å². The summed E-state index contributed by atoms with van der Waals surface area (Å²) in [6.07, 6.45) is -4.12. The quantitative estimate of drug-likeness (QED) is 0.183. The molecule has 6 heterocycles. The molecule has 3 aliphatic heterocycles. The van der Waals surface area contributed by atoms with E-state index in [2.05, 4.69) is 15.0 Å². The van der Waals surface area contributed by atoms with Crippen molar-refractivity contribution in [2.75, 3.05) is 51.0 Å². The van der Waals surface area contributed by atoms with Gasteiger partial charge in [-0.3, -0.25) is 9.69 Å². The van der Waals surface area contributed by atoms with Crippen molar-refractivity contribution in [3.8, 4) is 23.2 Å². The highest BCUT2D eigenvalue weighted by molar-refractivity contribution is 7.23. The molecule has 0 aliphatic carbocycles. The maximum absolute atomic E-state index is 17.2. The summed E-state index contributed by atoms with van der Waals surface area (Å²) in [4.78, 5) is 31.9. The molecule has 18 heteroatoms. The van der Waals surface area contributed by atoms with Crippen LogP contribution in [0.15, 0.2) is 18.2 Å². The summed E-state index contributed by atoms with van der Waals surface area (Å²) in [6, 6.07) is 4.15. The average molecular weight is 773 g/mol. The number of amides is 1. The molecule has 10 nitrogen and oxygen atoms in total. The largest absolute Gasteiger partial charge is 0.461 e. The zero-order chi connectivity index (χ0) is 37.6. The first-order valence-electron chi connectivity index (χ1n) is 16.7. The van der Waals surface area contributed by atoms with Crippen LogP contribution >= 0.6 is 22.7 Å². The number of rotatable bonds is 6. The Balaban J connectivity index is 1.32. The molecule has 2 atom stereocenters. The molecule has 3 aromatic heterocycles. The number of thiophene rings is 1. The second kappa shape index (κ2) is 12.7. The van der Waals surface area contributed by atoms with Crippen LogP contribution < -0.4 is 15.4 Å². The van der Waals surface area contributed by atoms with Crippen LogP contribution in [0.3, 0.4) is 0 Å². The third-order valence-corrected chi connectivity index (χ3v) is 12.4. The van der Waals surface area contributed by atoms with Gasteiger partial charge < -0.3 is 20.3 Å². The lowest BCUT2D eigenvalue weighted by Crippen LogP contribution is -2.43. The standard InChI is InChI=1S/C35H30F6N8O2S2/c1-47(2)32(50)31-44-22-14-48(9-6-23(22)52-31)30-18-10-20(35(39,40)41)25(17-4-5-21(37)28-24(17)19(12-42)29(43)53-28)26(38)27(18)45-33(46-30)51-15-34-7-3-8-49(34)13-16(36)11-34/h4-5,10,16H,3,6-9,11,13-15,43H2,1-2H3. The fraction of sp³-hybridized carbons (Fsp3) is 0.400. The van der Waals surface area contributed by atoms with E-state index in [0.29, 0.717) is 36.4 Å². The van der Waals surface area contributed by atoms with Crippen LogP contribution in [-0.4, -0.2) is 82.7 Å². The van der Waals surface area contributed by atoms with Crippen molar-refractivity contribution in [1.29, 1.82) is 5.26 Å². The van der Waals surface area contributed by atoms with E-state index in [4.69, 9.17) is 10.5 Å². The smallest absolute Gasteiger partial charge is 0.417 e. The molecule has 8 rings (SSSR count). The Morgan fingerprint density at radius 1 is 1.19 bits per heavy atom. The van der Waals surface area contributed by atoms with E-state index in [0.717, 1.165) is 29.5 Å². The molecule has 3 aliphatic rings. The van der Waals surface area contributed by atoms with Crippen LogP contribution in [-0.2, 0) is 19.1 Å². The van der Waals surface area contributed by atoms with Gasteiger partial charge in [0.15, 0.2) is 10.8 Å². The number of carbonyl (C=O) groups excluding carboxylic acids is 1. The fourth-order valence-electron chi connectivity index (χ4n) is 7.80. The molecule has 5 aromatic rings. The third kappa shape index (κ3) is 5.80. The van der Waals surface area contributed by atoms with Crippen molar-refractivity contribution in [2.24, 2.45) is 0 Å². The molecule has 2 N–H and O–H groups in total. The number of nitrogens with zero attached hydrogens (tertiary/aromatic N) is 7. The van der Waals surface area contributed by atoms with Crippen molar-refractivity contribution < 1.29 is 35.9 Å². The van der Waals surface area contributed by atoms with Gasteiger partial charge in [-0.1, -0.05) is 6.07 Å². The molecule has 2 unspecified atom stereocenters. The molecule has 276 valence electrons. The number of ether oxygens (including phenoxy) is 1. The summed E-state index contributed by atoms with van der Waals surface area (Å²) in [5.41, 5.74) is 2.36. The van der Waals surface area contributed by atoms with Gasteiger partial charge in [0.05, 0.1) is 33.6 Å². The van der Waals surface area contributed by atoms with Crippen molar-refractivity contribution in [1.82, 2.24) is 24.8 Å². The van der Waals surface area contributed by atoms with Crippen molar-refractivity contribution in [3.63, 3.8) is 0 Å².